The maximum Gasteiger partial charge on any atom is 0.225 e. The summed E-state index contributed by atoms with van der Waals surface area (Å²) in [6.45, 7) is 7.18. The number of carbonyl (C=O) groups is 1. The molecule has 2 rings (SSSR count). The molecule has 0 radical (unpaired) electrons. The normalized spacial score (nSPS) is 16.7. The van der Waals surface area contributed by atoms with E-state index in [2.05, 4.69) is 15.6 Å². The maximum atomic E-state index is 12.1. The van der Waals surface area contributed by atoms with Gasteiger partial charge in [0.1, 0.15) is 5.75 Å². The molecule has 1 aromatic carbocycles. The van der Waals surface area contributed by atoms with Crippen LogP contribution >= 0.6 is 24.0 Å². The van der Waals surface area contributed by atoms with Gasteiger partial charge in [0, 0.05) is 38.6 Å². The van der Waals surface area contributed by atoms with Crippen LogP contribution in [0.25, 0.3) is 0 Å². The topological polar surface area (TPSA) is 75.2 Å². The third-order valence-electron chi connectivity index (χ3n) is 4.50. The number of aliphatic imine (C=N–C) groups is 1. The highest BCUT2D eigenvalue weighted by molar-refractivity contribution is 14.0. The largest absolute Gasteiger partial charge is 0.497 e. The second-order valence-corrected chi connectivity index (χ2v) is 6.97. The number of hydrogen-bond acceptors (Lipinski definition) is 4. The molecule has 0 saturated carbocycles. The van der Waals surface area contributed by atoms with Crippen LogP contribution in [0, 0.1) is 5.92 Å². The third-order valence-corrected chi connectivity index (χ3v) is 4.50. The SMILES string of the molecule is CN=C(NCCOCc1cccc(OC)c1)NC1CCN(C(=O)C(C)C)C1.I. The monoisotopic (exact) mass is 504 g/mol. The molecule has 1 atom stereocenters. The molecular weight excluding hydrogens is 471 g/mol. The maximum absolute atomic E-state index is 12.1. The van der Waals surface area contributed by atoms with Crippen molar-refractivity contribution in [1.82, 2.24) is 15.5 Å². The Morgan fingerprint density at radius 3 is 2.86 bits per heavy atom. The molecule has 1 amide bonds. The standard InChI is InChI=1S/C20H32N4O3.HI/c1-15(2)19(25)24-10-8-17(13-24)23-20(21-3)22-9-11-27-14-16-6-5-7-18(12-16)26-4;/h5-7,12,15,17H,8-11,13-14H2,1-4H3,(H2,21,22,23);1H. The van der Waals surface area contributed by atoms with Crippen LogP contribution < -0.4 is 15.4 Å². The van der Waals surface area contributed by atoms with Crippen molar-refractivity contribution in [3.63, 3.8) is 0 Å². The fourth-order valence-corrected chi connectivity index (χ4v) is 3.03. The predicted molar refractivity (Wildman–Crippen MR) is 122 cm³/mol. The number of benzene rings is 1. The van der Waals surface area contributed by atoms with E-state index in [4.69, 9.17) is 9.47 Å². The molecule has 0 bridgehead atoms. The molecule has 0 aliphatic carbocycles. The van der Waals surface area contributed by atoms with Crippen LogP contribution in [-0.4, -0.2) is 63.2 Å². The zero-order valence-corrected chi connectivity index (χ0v) is 19.6. The van der Waals surface area contributed by atoms with Crippen molar-refractivity contribution < 1.29 is 14.3 Å². The Kier molecular flexibility index (Phi) is 11.2. The highest BCUT2D eigenvalue weighted by atomic mass is 127. The van der Waals surface area contributed by atoms with Gasteiger partial charge in [0.15, 0.2) is 5.96 Å². The summed E-state index contributed by atoms with van der Waals surface area (Å²) in [5.74, 6) is 1.83. The van der Waals surface area contributed by atoms with Gasteiger partial charge in [-0.2, -0.15) is 0 Å². The zero-order valence-electron chi connectivity index (χ0n) is 17.2. The molecule has 1 fully saturated rings. The highest BCUT2D eigenvalue weighted by Gasteiger charge is 2.27. The van der Waals surface area contributed by atoms with Crippen molar-refractivity contribution >= 4 is 35.8 Å². The van der Waals surface area contributed by atoms with E-state index in [0.717, 1.165) is 36.8 Å². The van der Waals surface area contributed by atoms with E-state index in [1.165, 1.54) is 0 Å². The van der Waals surface area contributed by atoms with Gasteiger partial charge in [-0.1, -0.05) is 26.0 Å². The summed E-state index contributed by atoms with van der Waals surface area (Å²) in [5.41, 5.74) is 1.08. The molecule has 1 aliphatic rings. The van der Waals surface area contributed by atoms with Gasteiger partial charge in [0.25, 0.3) is 0 Å². The molecule has 1 aliphatic heterocycles. The minimum atomic E-state index is 0. The average Bonchev–Trinajstić information content (AvgIpc) is 3.14. The lowest BCUT2D eigenvalue weighted by molar-refractivity contribution is -0.133. The molecule has 28 heavy (non-hydrogen) atoms. The van der Waals surface area contributed by atoms with Crippen LogP contribution in [0.5, 0.6) is 5.75 Å². The number of nitrogens with one attached hydrogen (secondary N) is 2. The summed E-state index contributed by atoms with van der Waals surface area (Å²) in [5, 5.41) is 6.64. The van der Waals surface area contributed by atoms with E-state index >= 15 is 0 Å². The minimum Gasteiger partial charge on any atom is -0.497 e. The van der Waals surface area contributed by atoms with E-state index in [1.54, 1.807) is 14.2 Å². The molecule has 8 heteroatoms. The number of methoxy groups -OCH3 is 1. The Labute approximate surface area is 185 Å². The first-order chi connectivity index (χ1) is 13.0. The van der Waals surface area contributed by atoms with E-state index in [1.807, 2.05) is 43.0 Å². The summed E-state index contributed by atoms with van der Waals surface area (Å²) >= 11 is 0. The Morgan fingerprint density at radius 1 is 1.39 bits per heavy atom. The van der Waals surface area contributed by atoms with Gasteiger partial charge >= 0.3 is 0 Å². The first kappa shape index (κ1) is 24.5. The molecular formula is C20H33IN4O3. The fraction of sp³-hybridized carbons (Fsp3) is 0.600. The summed E-state index contributed by atoms with van der Waals surface area (Å²) in [7, 11) is 3.41. The number of carbonyl (C=O) groups excluding carboxylic acids is 1. The van der Waals surface area contributed by atoms with E-state index in [9.17, 15) is 4.79 Å². The number of amides is 1. The van der Waals surface area contributed by atoms with Crippen molar-refractivity contribution in [2.75, 3.05) is 40.4 Å². The first-order valence-electron chi connectivity index (χ1n) is 9.50. The molecule has 2 N–H and O–H groups in total. The second kappa shape index (κ2) is 12.8. The van der Waals surface area contributed by atoms with E-state index in [0.29, 0.717) is 19.8 Å². The van der Waals surface area contributed by atoms with Crippen molar-refractivity contribution in [2.45, 2.75) is 32.9 Å². The van der Waals surface area contributed by atoms with Crippen molar-refractivity contribution in [3.8, 4) is 5.75 Å². The van der Waals surface area contributed by atoms with Crippen LogP contribution in [0.2, 0.25) is 0 Å². The lowest BCUT2D eigenvalue weighted by Crippen LogP contribution is -2.46. The number of guanidine groups is 1. The average molecular weight is 504 g/mol. The Morgan fingerprint density at radius 2 is 2.18 bits per heavy atom. The van der Waals surface area contributed by atoms with E-state index < -0.39 is 0 Å². The molecule has 1 aromatic rings. The van der Waals surface area contributed by atoms with Crippen molar-refractivity contribution in [2.24, 2.45) is 10.9 Å². The summed E-state index contributed by atoms with van der Waals surface area (Å²) in [4.78, 5) is 18.3. The summed E-state index contributed by atoms with van der Waals surface area (Å²) in [6, 6.07) is 8.09. The molecule has 7 nitrogen and oxygen atoms in total. The van der Waals surface area contributed by atoms with Crippen LogP contribution in [0.4, 0.5) is 0 Å². The Bertz CT molecular complexity index is 640. The van der Waals surface area contributed by atoms with Crippen molar-refractivity contribution in [1.29, 1.82) is 0 Å². The van der Waals surface area contributed by atoms with Gasteiger partial charge in [-0.3, -0.25) is 9.79 Å². The summed E-state index contributed by atoms with van der Waals surface area (Å²) < 4.78 is 10.9. The first-order valence-corrected chi connectivity index (χ1v) is 9.50. The summed E-state index contributed by atoms with van der Waals surface area (Å²) in [6.07, 6.45) is 0.936. The smallest absolute Gasteiger partial charge is 0.225 e. The zero-order chi connectivity index (χ0) is 19.6. The van der Waals surface area contributed by atoms with E-state index in [-0.39, 0.29) is 41.8 Å². The fourth-order valence-electron chi connectivity index (χ4n) is 3.03. The Hall–Kier alpha value is -1.55. The van der Waals surface area contributed by atoms with Gasteiger partial charge in [-0.25, -0.2) is 0 Å². The highest BCUT2D eigenvalue weighted by Crippen LogP contribution is 2.13. The van der Waals surface area contributed by atoms with Gasteiger partial charge < -0.3 is 25.0 Å². The lowest BCUT2D eigenvalue weighted by atomic mass is 10.2. The quantitative estimate of drug-likeness (QED) is 0.246. The number of halogens is 1. The number of rotatable bonds is 8. The third kappa shape index (κ3) is 7.83. The lowest BCUT2D eigenvalue weighted by Gasteiger charge is -2.20. The molecule has 0 aromatic heterocycles. The number of hydrogen-bond donors (Lipinski definition) is 2. The van der Waals surface area contributed by atoms with Crippen LogP contribution in [0.3, 0.4) is 0 Å². The second-order valence-electron chi connectivity index (χ2n) is 6.97. The number of ether oxygens (including phenoxy) is 2. The molecule has 0 spiro atoms. The number of nitrogens with zero attached hydrogens (tertiary/aromatic N) is 2. The molecule has 1 saturated heterocycles. The van der Waals surface area contributed by atoms with Crippen molar-refractivity contribution in [3.05, 3.63) is 29.8 Å². The van der Waals surface area contributed by atoms with Crippen LogP contribution in [0.1, 0.15) is 25.8 Å². The van der Waals surface area contributed by atoms with Gasteiger partial charge in [0.2, 0.25) is 5.91 Å². The number of likely N-dealkylation sites (tertiary alicyclic amines) is 1. The van der Waals surface area contributed by atoms with Gasteiger partial charge in [-0.05, 0) is 24.1 Å². The predicted octanol–water partition coefficient (Wildman–Crippen LogP) is 2.25. The molecule has 1 unspecified atom stereocenters. The van der Waals surface area contributed by atoms with Crippen LogP contribution in [-0.2, 0) is 16.1 Å². The van der Waals surface area contributed by atoms with Gasteiger partial charge in [0.05, 0.1) is 20.3 Å². The van der Waals surface area contributed by atoms with Crippen LogP contribution in [0.15, 0.2) is 29.3 Å². The minimum absolute atomic E-state index is 0. The molecule has 158 valence electrons. The van der Waals surface area contributed by atoms with Gasteiger partial charge in [-0.15, -0.1) is 24.0 Å². The molecule has 1 heterocycles. The Balaban J connectivity index is 0.00000392.